The van der Waals surface area contributed by atoms with Gasteiger partial charge in [0, 0.05) is 5.56 Å². The van der Waals surface area contributed by atoms with Crippen LogP contribution < -0.4 is 5.73 Å². The van der Waals surface area contributed by atoms with Crippen LogP contribution in [0.3, 0.4) is 0 Å². The molecule has 1 aliphatic carbocycles. The number of hydrogen-bond acceptors (Lipinski definition) is 2. The van der Waals surface area contributed by atoms with Crippen molar-refractivity contribution in [2.75, 3.05) is 0 Å². The number of aliphatic hydroxyl groups is 1. The van der Waals surface area contributed by atoms with Crippen LogP contribution in [0.1, 0.15) is 30.9 Å². The van der Waals surface area contributed by atoms with Crippen LogP contribution in [-0.2, 0) is 0 Å². The maximum absolute atomic E-state index is 13.8. The van der Waals surface area contributed by atoms with E-state index in [-0.39, 0.29) is 16.0 Å². The van der Waals surface area contributed by atoms with Crippen molar-refractivity contribution in [2.24, 2.45) is 11.7 Å². The van der Waals surface area contributed by atoms with Gasteiger partial charge in [0.25, 0.3) is 0 Å². The third-order valence-corrected chi connectivity index (χ3v) is 4.03. The SMILES string of the molecule is N[C@@H](c1c(F)ccc(Br)c1F)[C@H](O)C1CCC1. The zero-order valence-electron chi connectivity index (χ0n) is 9.17. The van der Waals surface area contributed by atoms with E-state index in [9.17, 15) is 13.9 Å². The fourth-order valence-electron chi connectivity index (χ4n) is 2.09. The summed E-state index contributed by atoms with van der Waals surface area (Å²) in [5, 5.41) is 9.96. The lowest BCUT2D eigenvalue weighted by Gasteiger charge is -2.34. The Hall–Kier alpha value is -0.520. The summed E-state index contributed by atoms with van der Waals surface area (Å²) < 4.78 is 27.5. The number of nitrogens with two attached hydrogens (primary N) is 1. The van der Waals surface area contributed by atoms with Crippen LogP contribution in [0.4, 0.5) is 8.78 Å². The summed E-state index contributed by atoms with van der Waals surface area (Å²) in [5.41, 5.74) is 5.53. The lowest BCUT2D eigenvalue weighted by molar-refractivity contribution is 0.0394. The molecule has 0 spiro atoms. The van der Waals surface area contributed by atoms with Gasteiger partial charge in [-0.15, -0.1) is 0 Å². The Labute approximate surface area is 107 Å². The molecular weight excluding hydrogens is 292 g/mol. The summed E-state index contributed by atoms with van der Waals surface area (Å²) in [6.45, 7) is 0. The average molecular weight is 306 g/mol. The molecule has 0 saturated heterocycles. The Morgan fingerprint density at radius 2 is 2.00 bits per heavy atom. The first-order valence-electron chi connectivity index (χ1n) is 5.59. The Balaban J connectivity index is 2.29. The fraction of sp³-hybridized carbons (Fsp3) is 0.500. The van der Waals surface area contributed by atoms with Gasteiger partial charge in [-0.05, 0) is 46.8 Å². The topological polar surface area (TPSA) is 46.2 Å². The number of rotatable bonds is 3. The highest BCUT2D eigenvalue weighted by atomic mass is 79.9. The highest BCUT2D eigenvalue weighted by Gasteiger charge is 2.33. The minimum absolute atomic E-state index is 0.0581. The zero-order valence-corrected chi connectivity index (χ0v) is 10.8. The molecule has 0 radical (unpaired) electrons. The molecule has 2 atom stereocenters. The monoisotopic (exact) mass is 305 g/mol. The molecule has 1 aromatic carbocycles. The summed E-state index contributed by atoms with van der Waals surface area (Å²) in [6, 6.07) is 1.42. The normalized spacial score (nSPS) is 19.8. The summed E-state index contributed by atoms with van der Waals surface area (Å²) in [4.78, 5) is 0. The van der Waals surface area contributed by atoms with E-state index in [2.05, 4.69) is 15.9 Å². The molecule has 2 rings (SSSR count). The molecule has 0 bridgehead atoms. The van der Waals surface area contributed by atoms with Gasteiger partial charge >= 0.3 is 0 Å². The summed E-state index contributed by atoms with van der Waals surface area (Å²) in [6.07, 6.45) is 1.89. The summed E-state index contributed by atoms with van der Waals surface area (Å²) >= 11 is 2.99. The van der Waals surface area contributed by atoms with Gasteiger partial charge in [-0.3, -0.25) is 0 Å². The first-order chi connectivity index (χ1) is 8.02. The molecule has 17 heavy (non-hydrogen) atoms. The number of aliphatic hydroxyl groups excluding tert-OH is 1. The van der Waals surface area contributed by atoms with E-state index in [1.54, 1.807) is 0 Å². The lowest BCUT2D eigenvalue weighted by atomic mass is 9.77. The number of benzene rings is 1. The predicted molar refractivity (Wildman–Crippen MR) is 64.3 cm³/mol. The van der Waals surface area contributed by atoms with Crippen molar-refractivity contribution in [3.05, 3.63) is 33.8 Å². The predicted octanol–water partition coefficient (Wildman–Crippen LogP) is 2.89. The van der Waals surface area contributed by atoms with Gasteiger partial charge in [0.1, 0.15) is 11.6 Å². The quantitative estimate of drug-likeness (QED) is 0.844. The van der Waals surface area contributed by atoms with E-state index in [1.165, 1.54) is 6.07 Å². The van der Waals surface area contributed by atoms with E-state index in [0.717, 1.165) is 25.3 Å². The van der Waals surface area contributed by atoms with E-state index in [0.29, 0.717) is 0 Å². The van der Waals surface area contributed by atoms with Crippen LogP contribution >= 0.6 is 15.9 Å². The number of halogens is 3. The summed E-state index contributed by atoms with van der Waals surface area (Å²) in [5.74, 6) is -1.38. The van der Waals surface area contributed by atoms with Gasteiger partial charge in [-0.1, -0.05) is 6.42 Å². The molecule has 3 N–H and O–H groups in total. The molecule has 0 unspecified atom stereocenters. The Morgan fingerprint density at radius 1 is 1.35 bits per heavy atom. The van der Waals surface area contributed by atoms with Gasteiger partial charge in [0.2, 0.25) is 0 Å². The third kappa shape index (κ3) is 2.37. The molecule has 0 aliphatic heterocycles. The maximum atomic E-state index is 13.8. The van der Waals surface area contributed by atoms with Gasteiger partial charge in [0.15, 0.2) is 0 Å². The van der Waals surface area contributed by atoms with Crippen molar-refractivity contribution in [3.63, 3.8) is 0 Å². The Kier molecular flexibility index (Phi) is 3.80. The van der Waals surface area contributed by atoms with E-state index in [4.69, 9.17) is 5.73 Å². The molecule has 94 valence electrons. The van der Waals surface area contributed by atoms with Crippen molar-refractivity contribution in [3.8, 4) is 0 Å². The van der Waals surface area contributed by atoms with E-state index in [1.807, 2.05) is 0 Å². The second-order valence-electron chi connectivity index (χ2n) is 4.46. The van der Waals surface area contributed by atoms with Gasteiger partial charge in [-0.2, -0.15) is 0 Å². The van der Waals surface area contributed by atoms with Crippen molar-refractivity contribution in [2.45, 2.75) is 31.4 Å². The zero-order chi connectivity index (χ0) is 12.6. The molecule has 1 saturated carbocycles. The highest BCUT2D eigenvalue weighted by molar-refractivity contribution is 9.10. The molecule has 0 aromatic heterocycles. The Bertz CT molecular complexity index is 423. The maximum Gasteiger partial charge on any atom is 0.145 e. The largest absolute Gasteiger partial charge is 0.391 e. The standard InChI is InChI=1S/C12H14BrF2NO/c13-7-4-5-8(14)9(10(7)15)11(16)12(17)6-2-1-3-6/h4-6,11-12,17H,1-3,16H2/t11-,12+/m0/s1. The van der Waals surface area contributed by atoms with E-state index < -0.39 is 23.8 Å². The van der Waals surface area contributed by atoms with E-state index >= 15 is 0 Å². The second kappa shape index (κ2) is 5.00. The van der Waals surface area contributed by atoms with Crippen LogP contribution in [0.25, 0.3) is 0 Å². The molecule has 1 fully saturated rings. The first kappa shape index (κ1) is 12.9. The van der Waals surface area contributed by atoms with Crippen molar-refractivity contribution in [1.29, 1.82) is 0 Å². The molecule has 1 aromatic rings. The van der Waals surface area contributed by atoms with Crippen LogP contribution in [0.5, 0.6) is 0 Å². The molecule has 2 nitrogen and oxygen atoms in total. The molecule has 0 amide bonds. The van der Waals surface area contributed by atoms with Gasteiger partial charge in [0.05, 0.1) is 16.6 Å². The Morgan fingerprint density at radius 3 is 2.53 bits per heavy atom. The van der Waals surface area contributed by atoms with Crippen molar-refractivity contribution in [1.82, 2.24) is 0 Å². The fourth-order valence-corrected chi connectivity index (χ4v) is 2.44. The molecule has 5 heteroatoms. The smallest absolute Gasteiger partial charge is 0.145 e. The van der Waals surface area contributed by atoms with Crippen molar-refractivity contribution < 1.29 is 13.9 Å². The van der Waals surface area contributed by atoms with Crippen molar-refractivity contribution >= 4 is 15.9 Å². The molecular formula is C12H14BrF2NO. The third-order valence-electron chi connectivity index (χ3n) is 3.41. The molecule has 1 aliphatic rings. The van der Waals surface area contributed by atoms with Crippen LogP contribution in [0.2, 0.25) is 0 Å². The molecule has 0 heterocycles. The minimum atomic E-state index is -1.02. The summed E-state index contributed by atoms with van der Waals surface area (Å²) in [7, 11) is 0. The minimum Gasteiger partial charge on any atom is -0.391 e. The van der Waals surface area contributed by atoms with Crippen LogP contribution in [0.15, 0.2) is 16.6 Å². The van der Waals surface area contributed by atoms with Crippen LogP contribution in [0, 0.1) is 17.6 Å². The average Bonchev–Trinajstić information content (AvgIpc) is 2.21. The lowest BCUT2D eigenvalue weighted by Crippen LogP contribution is -2.37. The second-order valence-corrected chi connectivity index (χ2v) is 5.32. The van der Waals surface area contributed by atoms with Crippen LogP contribution in [-0.4, -0.2) is 11.2 Å². The first-order valence-corrected chi connectivity index (χ1v) is 6.38. The van der Waals surface area contributed by atoms with Gasteiger partial charge in [-0.25, -0.2) is 8.78 Å². The highest BCUT2D eigenvalue weighted by Crippen LogP contribution is 2.36. The number of hydrogen-bond donors (Lipinski definition) is 2. The van der Waals surface area contributed by atoms with Gasteiger partial charge < -0.3 is 10.8 Å².